The number of aryl methyl sites for hydroxylation is 1. The summed E-state index contributed by atoms with van der Waals surface area (Å²) in [6, 6.07) is 10.6. The molecule has 4 rings (SSSR count). The molecule has 22 heavy (non-hydrogen) atoms. The van der Waals surface area contributed by atoms with Gasteiger partial charge in [0.25, 0.3) is 0 Å². The Kier molecular flexibility index (Phi) is 3.15. The molecule has 1 aromatic carbocycles. The molecule has 4 nitrogen and oxygen atoms in total. The highest BCUT2D eigenvalue weighted by molar-refractivity contribution is 5.65. The fourth-order valence-electron chi connectivity index (χ4n) is 3.24. The van der Waals surface area contributed by atoms with Crippen molar-refractivity contribution in [1.82, 2.24) is 15.2 Å². The van der Waals surface area contributed by atoms with Gasteiger partial charge < -0.3 is 4.90 Å². The zero-order valence-corrected chi connectivity index (χ0v) is 12.6. The van der Waals surface area contributed by atoms with Crippen LogP contribution in [0.2, 0.25) is 0 Å². The van der Waals surface area contributed by atoms with Crippen LogP contribution in [0.25, 0.3) is 11.3 Å². The number of anilines is 1. The lowest BCUT2D eigenvalue weighted by atomic mass is 10.1. The molecule has 0 saturated carbocycles. The molecule has 0 aliphatic carbocycles. The third kappa shape index (κ3) is 2.17. The fraction of sp³-hybridized carbons (Fsp3) is 0.222. The highest BCUT2D eigenvalue weighted by atomic mass is 15.2. The minimum absolute atomic E-state index is 0.872. The number of rotatable bonds is 3. The Morgan fingerprint density at radius 1 is 1.18 bits per heavy atom. The minimum atomic E-state index is 0.872. The van der Waals surface area contributed by atoms with Gasteiger partial charge in [-0.05, 0) is 42.7 Å². The lowest BCUT2D eigenvalue weighted by Gasteiger charge is -2.19. The molecule has 3 aromatic rings. The van der Waals surface area contributed by atoms with Gasteiger partial charge in [0.05, 0.1) is 11.9 Å². The molecule has 3 heterocycles. The summed E-state index contributed by atoms with van der Waals surface area (Å²) in [6.45, 7) is 4.14. The van der Waals surface area contributed by atoms with E-state index in [1.807, 2.05) is 18.5 Å². The summed E-state index contributed by atoms with van der Waals surface area (Å²) < 4.78 is 0. The summed E-state index contributed by atoms with van der Waals surface area (Å²) in [7, 11) is 0. The van der Waals surface area contributed by atoms with E-state index in [0.29, 0.717) is 0 Å². The van der Waals surface area contributed by atoms with Crippen LogP contribution in [0.5, 0.6) is 0 Å². The number of hydrogen-bond acceptors (Lipinski definition) is 3. The van der Waals surface area contributed by atoms with E-state index < -0.39 is 0 Å². The Hall–Kier alpha value is -2.62. The summed E-state index contributed by atoms with van der Waals surface area (Å²) >= 11 is 0. The Morgan fingerprint density at radius 3 is 3.00 bits per heavy atom. The van der Waals surface area contributed by atoms with Crippen LogP contribution in [-0.4, -0.2) is 21.7 Å². The summed E-state index contributed by atoms with van der Waals surface area (Å²) in [5, 5.41) is 7.35. The number of H-pyrrole nitrogens is 1. The van der Waals surface area contributed by atoms with E-state index in [9.17, 15) is 0 Å². The van der Waals surface area contributed by atoms with E-state index in [4.69, 9.17) is 0 Å². The number of benzene rings is 1. The predicted octanol–water partition coefficient (Wildman–Crippen LogP) is 3.34. The van der Waals surface area contributed by atoms with Crippen molar-refractivity contribution in [3.63, 3.8) is 0 Å². The molecule has 0 bridgehead atoms. The van der Waals surface area contributed by atoms with Gasteiger partial charge in [-0.1, -0.05) is 12.1 Å². The molecule has 1 aliphatic rings. The largest absolute Gasteiger partial charge is 0.366 e. The van der Waals surface area contributed by atoms with E-state index in [2.05, 4.69) is 51.3 Å². The van der Waals surface area contributed by atoms with Crippen LogP contribution in [-0.2, 0) is 13.0 Å². The van der Waals surface area contributed by atoms with Gasteiger partial charge in [-0.3, -0.25) is 10.1 Å². The Morgan fingerprint density at radius 2 is 2.14 bits per heavy atom. The molecule has 0 amide bonds. The van der Waals surface area contributed by atoms with Gasteiger partial charge in [-0.15, -0.1) is 0 Å². The van der Waals surface area contributed by atoms with Crippen molar-refractivity contribution < 1.29 is 0 Å². The third-order valence-electron chi connectivity index (χ3n) is 4.39. The van der Waals surface area contributed by atoms with Crippen LogP contribution >= 0.6 is 0 Å². The maximum Gasteiger partial charge on any atom is 0.0715 e. The predicted molar refractivity (Wildman–Crippen MR) is 87.8 cm³/mol. The first-order chi connectivity index (χ1) is 10.8. The lowest BCUT2D eigenvalue weighted by Crippen LogP contribution is -2.19. The maximum absolute atomic E-state index is 4.23. The smallest absolute Gasteiger partial charge is 0.0715 e. The number of fused-ring (bicyclic) bond motifs is 1. The normalized spacial score (nSPS) is 13.4. The number of nitrogens with one attached hydrogen (secondary N) is 1. The fourth-order valence-corrected chi connectivity index (χ4v) is 3.24. The number of pyridine rings is 1. The molecule has 1 N–H and O–H groups in total. The highest BCUT2D eigenvalue weighted by Gasteiger charge is 2.21. The van der Waals surface area contributed by atoms with E-state index in [-0.39, 0.29) is 0 Å². The second-order valence-corrected chi connectivity index (χ2v) is 5.76. The van der Waals surface area contributed by atoms with E-state index in [0.717, 1.165) is 30.8 Å². The van der Waals surface area contributed by atoms with Crippen molar-refractivity contribution in [3.05, 3.63) is 65.6 Å². The van der Waals surface area contributed by atoms with Crippen LogP contribution < -0.4 is 4.90 Å². The molecule has 1 aliphatic heterocycles. The molecule has 2 aromatic heterocycles. The van der Waals surface area contributed by atoms with Gasteiger partial charge in [-0.2, -0.15) is 5.10 Å². The molecule has 0 saturated heterocycles. The summed E-state index contributed by atoms with van der Waals surface area (Å²) in [5.41, 5.74) is 7.59. The Bertz CT molecular complexity index is 792. The first-order valence-electron chi connectivity index (χ1n) is 7.59. The molecule has 0 fully saturated rings. The molecular weight excluding hydrogens is 272 g/mol. The molecule has 110 valence electrons. The van der Waals surface area contributed by atoms with Crippen molar-refractivity contribution in [2.45, 2.75) is 19.9 Å². The van der Waals surface area contributed by atoms with Crippen LogP contribution in [0.4, 0.5) is 5.69 Å². The van der Waals surface area contributed by atoms with Gasteiger partial charge in [0, 0.05) is 42.3 Å². The summed E-state index contributed by atoms with van der Waals surface area (Å²) in [4.78, 5) is 6.64. The van der Waals surface area contributed by atoms with Crippen molar-refractivity contribution >= 4 is 5.69 Å². The number of nitrogens with zero attached hydrogens (tertiary/aromatic N) is 3. The van der Waals surface area contributed by atoms with Crippen LogP contribution in [0.3, 0.4) is 0 Å². The highest BCUT2D eigenvalue weighted by Crippen LogP contribution is 2.32. The number of aromatic nitrogens is 3. The lowest BCUT2D eigenvalue weighted by molar-refractivity contribution is 0.837. The molecule has 0 unspecified atom stereocenters. The van der Waals surface area contributed by atoms with E-state index >= 15 is 0 Å². The number of aromatic amines is 1. The quantitative estimate of drug-likeness (QED) is 0.804. The summed E-state index contributed by atoms with van der Waals surface area (Å²) in [5.74, 6) is 0. The number of hydrogen-bond donors (Lipinski definition) is 1. The third-order valence-corrected chi connectivity index (χ3v) is 4.39. The summed E-state index contributed by atoms with van der Waals surface area (Å²) in [6.07, 6.45) is 6.72. The molecule has 0 radical (unpaired) electrons. The van der Waals surface area contributed by atoms with Gasteiger partial charge >= 0.3 is 0 Å². The topological polar surface area (TPSA) is 44.8 Å². The standard InChI is InChI=1S/C18H18N4/c1-13-4-2-6-17-16(13)7-9-22(17)12-15-11-20-21-18(15)14-5-3-8-19-10-14/h2-6,8,10-11H,7,9,12H2,1H3,(H,20,21). The molecule has 4 heteroatoms. The van der Waals surface area contributed by atoms with Gasteiger partial charge in [0.1, 0.15) is 0 Å². The average molecular weight is 290 g/mol. The second-order valence-electron chi connectivity index (χ2n) is 5.76. The first-order valence-corrected chi connectivity index (χ1v) is 7.59. The average Bonchev–Trinajstić information content (AvgIpc) is 3.17. The maximum atomic E-state index is 4.23. The monoisotopic (exact) mass is 290 g/mol. The first kappa shape index (κ1) is 13.1. The molecule has 0 atom stereocenters. The molecule has 0 spiro atoms. The SMILES string of the molecule is Cc1cccc2c1CCN2Cc1cn[nH]c1-c1cccnc1. The van der Waals surface area contributed by atoms with E-state index in [1.54, 1.807) is 6.20 Å². The Balaban J connectivity index is 1.65. The van der Waals surface area contributed by atoms with Crippen LogP contribution in [0.15, 0.2) is 48.9 Å². The minimum Gasteiger partial charge on any atom is -0.366 e. The zero-order valence-electron chi connectivity index (χ0n) is 12.6. The van der Waals surface area contributed by atoms with Crippen molar-refractivity contribution in [3.8, 4) is 11.3 Å². The van der Waals surface area contributed by atoms with Gasteiger partial charge in [-0.25, -0.2) is 0 Å². The van der Waals surface area contributed by atoms with Crippen molar-refractivity contribution in [1.29, 1.82) is 0 Å². The zero-order chi connectivity index (χ0) is 14.9. The van der Waals surface area contributed by atoms with Gasteiger partial charge in [0.2, 0.25) is 0 Å². The van der Waals surface area contributed by atoms with Gasteiger partial charge in [0.15, 0.2) is 0 Å². The Labute approximate surface area is 129 Å². The molecular formula is C18H18N4. The van der Waals surface area contributed by atoms with E-state index in [1.165, 1.54) is 22.4 Å². The van der Waals surface area contributed by atoms with Crippen LogP contribution in [0, 0.1) is 6.92 Å². The van der Waals surface area contributed by atoms with Crippen molar-refractivity contribution in [2.75, 3.05) is 11.4 Å². The second kappa shape index (κ2) is 5.30. The van der Waals surface area contributed by atoms with Crippen molar-refractivity contribution in [2.24, 2.45) is 0 Å². The van der Waals surface area contributed by atoms with Crippen LogP contribution in [0.1, 0.15) is 16.7 Å².